The number of esters is 1. The maximum Gasteiger partial charge on any atom is 0.320 e. The van der Waals surface area contributed by atoms with E-state index in [0.717, 1.165) is 0 Å². The second-order valence-electron chi connectivity index (χ2n) is 6.38. The van der Waals surface area contributed by atoms with Crippen molar-refractivity contribution in [1.29, 1.82) is 0 Å². The van der Waals surface area contributed by atoms with E-state index < -0.39 is 13.5 Å². The minimum Gasteiger partial charge on any atom is -0.506 e. The van der Waals surface area contributed by atoms with Gasteiger partial charge in [-0.05, 0) is 45.4 Å². The van der Waals surface area contributed by atoms with E-state index in [0.29, 0.717) is 22.1 Å². The van der Waals surface area contributed by atoms with E-state index in [2.05, 4.69) is 10.1 Å². The van der Waals surface area contributed by atoms with Crippen LogP contribution in [0.2, 0.25) is 0 Å². The van der Waals surface area contributed by atoms with E-state index in [1.807, 2.05) is 0 Å². The van der Waals surface area contributed by atoms with Crippen molar-refractivity contribution in [2.24, 2.45) is 0 Å². The summed E-state index contributed by atoms with van der Waals surface area (Å²) in [5, 5.41) is 13.2. The third kappa shape index (κ3) is 5.63. The van der Waals surface area contributed by atoms with Crippen molar-refractivity contribution in [2.75, 3.05) is 6.54 Å². The van der Waals surface area contributed by atoms with Crippen LogP contribution in [0.15, 0.2) is 36.5 Å². The van der Waals surface area contributed by atoms with Crippen molar-refractivity contribution in [3.8, 4) is 5.75 Å². The smallest absolute Gasteiger partial charge is 0.320 e. The van der Waals surface area contributed by atoms with Gasteiger partial charge in [0.15, 0.2) is 0 Å². The molecule has 2 rings (SSSR count). The quantitative estimate of drug-likeness (QED) is 0.526. The Balaban J connectivity index is 2.19. The largest absolute Gasteiger partial charge is 0.506 e. The van der Waals surface area contributed by atoms with Crippen molar-refractivity contribution in [1.82, 2.24) is 10.1 Å². The molecule has 0 aliphatic heterocycles. The number of hydrogen-bond donors (Lipinski definition) is 2. The van der Waals surface area contributed by atoms with Gasteiger partial charge in [0, 0.05) is 11.8 Å². The fourth-order valence-corrected chi connectivity index (χ4v) is 4.02. The summed E-state index contributed by atoms with van der Waals surface area (Å²) < 4.78 is 24.2. The molecular weight excluding hydrogens is 367 g/mol. The lowest BCUT2D eigenvalue weighted by atomic mass is 10.1. The van der Waals surface area contributed by atoms with Gasteiger partial charge in [0.2, 0.25) is 0 Å². The van der Waals surface area contributed by atoms with E-state index in [1.165, 1.54) is 0 Å². The van der Waals surface area contributed by atoms with Crippen molar-refractivity contribution < 1.29 is 23.7 Å². The van der Waals surface area contributed by atoms with E-state index >= 15 is 0 Å². The Morgan fingerprint density at radius 3 is 2.56 bits per heavy atom. The molecule has 1 atom stereocenters. The summed E-state index contributed by atoms with van der Waals surface area (Å²) in [4.78, 5) is 15.9. The Kier molecular flexibility index (Phi) is 7.13. The minimum atomic E-state index is -3.54. The predicted octanol–water partition coefficient (Wildman–Crippen LogP) is 2.98. The summed E-state index contributed by atoms with van der Waals surface area (Å²) in [6.45, 7) is 6.63. The average molecular weight is 392 g/mol. The number of nitrogens with one attached hydrogen (secondary N) is 1. The number of aromatic hydroxyl groups is 1. The average Bonchev–Trinajstić information content (AvgIpc) is 2.64. The van der Waals surface area contributed by atoms with Crippen molar-refractivity contribution in [2.45, 2.75) is 40.4 Å². The Labute approximate surface area is 159 Å². The summed E-state index contributed by atoms with van der Waals surface area (Å²) in [6, 6.07) is 8.61. The number of carbonyl (C=O) groups is 1. The van der Waals surface area contributed by atoms with Crippen molar-refractivity contribution in [3.05, 3.63) is 53.3 Å². The number of pyridine rings is 1. The molecule has 2 aromatic rings. The molecule has 0 saturated carbocycles. The number of aryl methyl sites for hydroxylation is 1. The first-order valence-electron chi connectivity index (χ1n) is 8.62. The first kappa shape index (κ1) is 21.1. The van der Waals surface area contributed by atoms with E-state index in [-0.39, 0.29) is 25.0 Å². The molecule has 0 spiro atoms. The van der Waals surface area contributed by atoms with Crippen LogP contribution >= 0.6 is 7.52 Å². The first-order valence-corrected chi connectivity index (χ1v) is 10.2. The molecule has 27 heavy (non-hydrogen) atoms. The van der Waals surface area contributed by atoms with E-state index in [1.54, 1.807) is 64.2 Å². The van der Waals surface area contributed by atoms with Gasteiger partial charge in [-0.1, -0.05) is 18.2 Å². The van der Waals surface area contributed by atoms with Gasteiger partial charge in [-0.25, -0.2) is 5.09 Å². The molecule has 1 unspecified atom stereocenters. The highest BCUT2D eigenvalue weighted by Gasteiger charge is 2.27. The zero-order chi connectivity index (χ0) is 20.0. The van der Waals surface area contributed by atoms with Crippen LogP contribution in [0, 0.1) is 13.8 Å². The van der Waals surface area contributed by atoms with Gasteiger partial charge in [0.25, 0.3) is 0 Å². The molecule has 1 aromatic carbocycles. The number of benzene rings is 1. The van der Waals surface area contributed by atoms with Gasteiger partial charge in [-0.3, -0.25) is 14.3 Å². The van der Waals surface area contributed by atoms with Crippen LogP contribution in [0.5, 0.6) is 5.75 Å². The first-order chi connectivity index (χ1) is 12.7. The summed E-state index contributed by atoms with van der Waals surface area (Å²) in [6.07, 6.45) is 1.31. The number of aromatic nitrogens is 1. The van der Waals surface area contributed by atoms with Gasteiger partial charge in [0.05, 0.1) is 23.7 Å². The summed E-state index contributed by atoms with van der Waals surface area (Å²) in [5.41, 5.74) is 1.74. The molecule has 0 radical (unpaired) electrons. The fourth-order valence-electron chi connectivity index (χ4n) is 2.37. The highest BCUT2D eigenvalue weighted by molar-refractivity contribution is 7.65. The van der Waals surface area contributed by atoms with Crippen LogP contribution < -0.4 is 10.4 Å². The molecule has 0 aliphatic carbocycles. The highest BCUT2D eigenvalue weighted by Crippen LogP contribution is 2.42. The highest BCUT2D eigenvalue weighted by atomic mass is 31.2. The van der Waals surface area contributed by atoms with Gasteiger partial charge in [-0.15, -0.1) is 0 Å². The zero-order valence-corrected chi connectivity index (χ0v) is 16.8. The topological polar surface area (TPSA) is 97.8 Å². The molecule has 2 N–H and O–H groups in total. The van der Waals surface area contributed by atoms with Crippen molar-refractivity contribution >= 4 is 18.8 Å². The third-order valence-electron chi connectivity index (χ3n) is 3.89. The molecule has 1 heterocycles. The van der Waals surface area contributed by atoms with Crippen LogP contribution in [0.3, 0.4) is 0 Å². The maximum atomic E-state index is 13.4. The molecule has 0 saturated heterocycles. The normalized spacial score (nSPS) is 13.4. The summed E-state index contributed by atoms with van der Waals surface area (Å²) >= 11 is 0. The minimum absolute atomic E-state index is 0.0366. The second kappa shape index (κ2) is 9.13. The lowest BCUT2D eigenvalue weighted by molar-refractivity contribution is -0.145. The molecule has 0 fully saturated rings. The van der Waals surface area contributed by atoms with Crippen LogP contribution in [-0.2, 0) is 25.2 Å². The van der Waals surface area contributed by atoms with Crippen LogP contribution in [-0.4, -0.2) is 28.7 Å². The zero-order valence-electron chi connectivity index (χ0n) is 15.9. The fraction of sp³-hybridized carbons (Fsp3) is 0.368. The SMILES string of the molecule is Cc1ncc(COP(=O)(NCC(=O)OC(C)C)c2ccccc2)c(C)c1O. The number of ether oxygens (including phenoxy) is 1. The molecule has 7 nitrogen and oxygen atoms in total. The maximum absolute atomic E-state index is 13.4. The summed E-state index contributed by atoms with van der Waals surface area (Å²) in [5.74, 6) is -0.435. The third-order valence-corrected chi connectivity index (χ3v) is 5.94. The predicted molar refractivity (Wildman–Crippen MR) is 103 cm³/mol. The second-order valence-corrected chi connectivity index (χ2v) is 8.57. The van der Waals surface area contributed by atoms with Crippen LogP contribution in [0.1, 0.15) is 30.7 Å². The molecule has 0 amide bonds. The van der Waals surface area contributed by atoms with Crippen LogP contribution in [0.25, 0.3) is 0 Å². The Hall–Kier alpha value is -2.21. The molecule has 146 valence electrons. The monoisotopic (exact) mass is 392 g/mol. The molecule has 1 aromatic heterocycles. The molecule has 0 aliphatic rings. The Morgan fingerprint density at radius 2 is 1.93 bits per heavy atom. The van der Waals surface area contributed by atoms with Gasteiger partial charge in [-0.2, -0.15) is 0 Å². The molecule has 0 bridgehead atoms. The van der Waals surface area contributed by atoms with E-state index in [4.69, 9.17) is 9.26 Å². The van der Waals surface area contributed by atoms with Crippen LogP contribution in [0.4, 0.5) is 0 Å². The molecule has 8 heteroatoms. The number of hydrogen-bond acceptors (Lipinski definition) is 6. The van der Waals surface area contributed by atoms with Crippen molar-refractivity contribution in [3.63, 3.8) is 0 Å². The number of carbonyl (C=O) groups excluding carboxylic acids is 1. The van der Waals surface area contributed by atoms with E-state index in [9.17, 15) is 14.5 Å². The van der Waals surface area contributed by atoms with Gasteiger partial charge >= 0.3 is 13.5 Å². The Morgan fingerprint density at radius 1 is 1.26 bits per heavy atom. The summed E-state index contributed by atoms with van der Waals surface area (Å²) in [7, 11) is -3.54. The Bertz CT molecular complexity index is 839. The van der Waals surface area contributed by atoms with Gasteiger partial charge in [0.1, 0.15) is 12.3 Å². The molecular formula is C19H25N2O5P. The standard InChI is InChI=1S/C19H25N2O5P/c1-13(2)26-18(22)11-21-27(24,17-8-6-5-7-9-17)25-12-16-10-20-15(4)19(23)14(16)3/h5-10,13,23H,11-12H2,1-4H3,(H,21,24). The lowest BCUT2D eigenvalue weighted by Gasteiger charge is -2.21. The lowest BCUT2D eigenvalue weighted by Crippen LogP contribution is -2.29. The number of rotatable bonds is 8. The number of nitrogens with zero attached hydrogens (tertiary/aromatic N) is 1. The van der Waals surface area contributed by atoms with Gasteiger partial charge < -0.3 is 14.4 Å².